The van der Waals surface area contributed by atoms with Gasteiger partial charge in [-0.3, -0.25) is 9.59 Å². The van der Waals surface area contributed by atoms with E-state index in [-0.39, 0.29) is 0 Å². The Kier molecular flexibility index (Phi) is 8.01. The van der Waals surface area contributed by atoms with Crippen molar-refractivity contribution in [2.45, 2.75) is 83.8 Å². The monoisotopic (exact) mass is 373 g/mol. The third-order valence-electron chi connectivity index (χ3n) is 4.95. The molecule has 0 saturated heterocycles. The first kappa shape index (κ1) is 21.1. The van der Waals surface area contributed by atoms with Gasteiger partial charge in [0.2, 0.25) is 11.5 Å². The van der Waals surface area contributed by atoms with E-state index in [9.17, 15) is 9.59 Å². The molecule has 0 fully saturated rings. The van der Waals surface area contributed by atoms with Crippen molar-refractivity contribution in [2.75, 3.05) is 0 Å². The summed E-state index contributed by atoms with van der Waals surface area (Å²) in [6, 6.07) is 9.30. The first-order valence-electron chi connectivity index (χ1n) is 10.0. The predicted molar refractivity (Wildman–Crippen MR) is 106 cm³/mol. The van der Waals surface area contributed by atoms with Gasteiger partial charge in [-0.05, 0) is 31.9 Å². The van der Waals surface area contributed by atoms with E-state index in [1.54, 1.807) is 6.92 Å². The van der Waals surface area contributed by atoms with E-state index in [4.69, 9.17) is 9.47 Å². The number of hydrogen-bond acceptors (Lipinski definition) is 4. The fraction of sp³-hybridized carbons (Fsp3) is 0.591. The molecule has 0 bridgehead atoms. The first-order valence-corrected chi connectivity index (χ1v) is 10.0. The largest absolute Gasteiger partial charge is 0.458 e. The lowest BCUT2D eigenvalue weighted by Crippen LogP contribution is -2.48. The molecule has 0 N–H and O–H groups in total. The third kappa shape index (κ3) is 5.91. The van der Waals surface area contributed by atoms with Crippen LogP contribution in [0.15, 0.2) is 35.3 Å². The molecule has 0 aliphatic carbocycles. The van der Waals surface area contributed by atoms with E-state index in [0.29, 0.717) is 12.3 Å². The van der Waals surface area contributed by atoms with Crippen LogP contribution in [0.5, 0.6) is 0 Å². The minimum atomic E-state index is -1.26. The van der Waals surface area contributed by atoms with Gasteiger partial charge < -0.3 is 9.47 Å². The Balaban J connectivity index is 1.96. The van der Waals surface area contributed by atoms with E-state index in [0.717, 1.165) is 24.8 Å². The van der Waals surface area contributed by atoms with Crippen LogP contribution in [0.25, 0.3) is 0 Å². The van der Waals surface area contributed by atoms with Crippen LogP contribution in [0.4, 0.5) is 0 Å². The topological polar surface area (TPSA) is 65.0 Å². The standard InChI is InChI=1S/C22H31NO4/c1-4-5-6-7-8-9-13-16-19(26-17(2)24)22(3)21(25)23-20(27-22)18-14-11-10-12-15-18/h10-12,14-15,19H,4-9,13,16H2,1-3H3/t19-,22+/m0/s1. The second-order valence-electron chi connectivity index (χ2n) is 7.31. The maximum Gasteiger partial charge on any atom is 0.303 e. The lowest BCUT2D eigenvalue weighted by Gasteiger charge is -2.30. The highest BCUT2D eigenvalue weighted by Gasteiger charge is 2.50. The van der Waals surface area contributed by atoms with Gasteiger partial charge in [-0.1, -0.05) is 63.6 Å². The molecule has 2 rings (SSSR count). The molecule has 0 aromatic heterocycles. The van der Waals surface area contributed by atoms with Crippen LogP contribution < -0.4 is 0 Å². The molecule has 1 amide bonds. The molecule has 0 spiro atoms. The first-order chi connectivity index (χ1) is 13.0. The average Bonchev–Trinajstić information content (AvgIpc) is 2.96. The van der Waals surface area contributed by atoms with Crippen LogP contribution in [0.3, 0.4) is 0 Å². The van der Waals surface area contributed by atoms with Crippen LogP contribution in [-0.2, 0) is 19.1 Å². The number of unbranched alkanes of at least 4 members (excludes halogenated alkanes) is 6. The lowest BCUT2D eigenvalue weighted by molar-refractivity contribution is -0.163. The SMILES string of the molecule is CCCCCCCCC[C@H](OC(C)=O)[C@@]1(C)OC(c2ccccc2)=NC1=O. The number of hydrogen-bond donors (Lipinski definition) is 0. The lowest BCUT2D eigenvalue weighted by atomic mass is 9.93. The molecule has 0 radical (unpaired) electrons. The number of rotatable bonds is 11. The average molecular weight is 373 g/mol. The van der Waals surface area contributed by atoms with E-state index in [1.807, 2.05) is 30.3 Å². The van der Waals surface area contributed by atoms with Gasteiger partial charge in [-0.15, -0.1) is 0 Å². The summed E-state index contributed by atoms with van der Waals surface area (Å²) < 4.78 is 11.4. The molecule has 2 atom stereocenters. The Bertz CT molecular complexity index is 656. The van der Waals surface area contributed by atoms with Gasteiger partial charge in [-0.25, -0.2) is 0 Å². The highest BCUT2D eigenvalue weighted by molar-refractivity contribution is 6.09. The zero-order valence-corrected chi connectivity index (χ0v) is 16.7. The van der Waals surface area contributed by atoms with Gasteiger partial charge in [0.05, 0.1) is 0 Å². The number of aliphatic imine (C=N–C) groups is 1. The van der Waals surface area contributed by atoms with E-state index in [1.165, 1.54) is 32.6 Å². The molecule has 5 nitrogen and oxygen atoms in total. The van der Waals surface area contributed by atoms with Crippen molar-refractivity contribution in [1.29, 1.82) is 0 Å². The Morgan fingerprint density at radius 3 is 2.37 bits per heavy atom. The van der Waals surface area contributed by atoms with Gasteiger partial charge in [0.1, 0.15) is 0 Å². The molecule has 148 valence electrons. The summed E-state index contributed by atoms with van der Waals surface area (Å²) in [4.78, 5) is 28.3. The third-order valence-corrected chi connectivity index (χ3v) is 4.95. The molecular formula is C22H31NO4. The second-order valence-corrected chi connectivity index (χ2v) is 7.31. The van der Waals surface area contributed by atoms with Crippen molar-refractivity contribution in [3.8, 4) is 0 Å². The minimum absolute atomic E-state index is 0.291. The minimum Gasteiger partial charge on any atom is -0.458 e. The van der Waals surface area contributed by atoms with E-state index in [2.05, 4.69) is 11.9 Å². The Morgan fingerprint density at radius 1 is 1.11 bits per heavy atom. The predicted octanol–water partition coefficient (Wildman–Crippen LogP) is 4.82. The summed E-state index contributed by atoms with van der Waals surface area (Å²) in [5.74, 6) is -0.510. The summed E-state index contributed by atoms with van der Waals surface area (Å²) in [5, 5.41) is 0. The van der Waals surface area contributed by atoms with E-state index < -0.39 is 23.6 Å². The van der Waals surface area contributed by atoms with Gasteiger partial charge in [-0.2, -0.15) is 4.99 Å². The number of benzene rings is 1. The van der Waals surface area contributed by atoms with Crippen molar-refractivity contribution in [3.05, 3.63) is 35.9 Å². The number of esters is 1. The molecule has 1 aliphatic rings. The Labute approximate surface area is 162 Å². The van der Waals surface area contributed by atoms with Crippen LogP contribution in [0.1, 0.15) is 77.7 Å². The Hall–Kier alpha value is -2.17. The van der Waals surface area contributed by atoms with E-state index >= 15 is 0 Å². The molecule has 0 saturated carbocycles. The van der Waals surface area contributed by atoms with Crippen molar-refractivity contribution in [2.24, 2.45) is 4.99 Å². The number of carbonyl (C=O) groups excluding carboxylic acids is 2. The summed E-state index contributed by atoms with van der Waals surface area (Å²) >= 11 is 0. The number of ether oxygens (including phenoxy) is 2. The van der Waals surface area contributed by atoms with Crippen molar-refractivity contribution < 1.29 is 19.1 Å². The molecule has 1 aromatic carbocycles. The summed E-state index contributed by atoms with van der Waals surface area (Å²) in [6.45, 7) is 5.23. The molecule has 27 heavy (non-hydrogen) atoms. The zero-order valence-electron chi connectivity index (χ0n) is 16.7. The zero-order chi connectivity index (χ0) is 19.7. The maximum atomic E-state index is 12.6. The van der Waals surface area contributed by atoms with Gasteiger partial charge in [0, 0.05) is 12.5 Å². The van der Waals surface area contributed by atoms with Gasteiger partial charge >= 0.3 is 5.97 Å². The quantitative estimate of drug-likeness (QED) is 0.412. The van der Waals surface area contributed by atoms with Crippen molar-refractivity contribution >= 4 is 17.8 Å². The van der Waals surface area contributed by atoms with Gasteiger partial charge in [0.15, 0.2) is 6.10 Å². The highest BCUT2D eigenvalue weighted by Crippen LogP contribution is 2.31. The number of nitrogens with zero attached hydrogens (tertiary/aromatic N) is 1. The molecule has 0 unspecified atom stereocenters. The second kappa shape index (κ2) is 10.2. The summed E-state index contributed by atoms with van der Waals surface area (Å²) in [5.41, 5.74) is -0.522. The summed E-state index contributed by atoms with van der Waals surface area (Å²) in [6.07, 6.45) is 8.04. The molecule has 1 aromatic rings. The summed E-state index contributed by atoms with van der Waals surface area (Å²) in [7, 11) is 0. The number of carbonyl (C=O) groups is 2. The molecular weight excluding hydrogens is 342 g/mol. The Morgan fingerprint density at radius 2 is 1.74 bits per heavy atom. The number of amides is 1. The fourth-order valence-electron chi connectivity index (χ4n) is 3.31. The highest BCUT2D eigenvalue weighted by atomic mass is 16.6. The van der Waals surface area contributed by atoms with Crippen LogP contribution in [0.2, 0.25) is 0 Å². The van der Waals surface area contributed by atoms with Crippen LogP contribution >= 0.6 is 0 Å². The van der Waals surface area contributed by atoms with Crippen molar-refractivity contribution in [1.82, 2.24) is 0 Å². The maximum absolute atomic E-state index is 12.6. The smallest absolute Gasteiger partial charge is 0.303 e. The molecule has 1 aliphatic heterocycles. The molecule has 1 heterocycles. The van der Waals surface area contributed by atoms with Crippen LogP contribution in [-0.4, -0.2) is 29.5 Å². The fourth-order valence-corrected chi connectivity index (χ4v) is 3.31. The van der Waals surface area contributed by atoms with Crippen molar-refractivity contribution in [3.63, 3.8) is 0 Å². The normalized spacial score (nSPS) is 20.1. The van der Waals surface area contributed by atoms with Crippen LogP contribution in [0, 0.1) is 0 Å². The van der Waals surface area contributed by atoms with Gasteiger partial charge in [0.25, 0.3) is 5.91 Å². The molecule has 5 heteroatoms.